The molecule has 0 radical (unpaired) electrons. The van der Waals surface area contributed by atoms with Gasteiger partial charge in [-0.05, 0) is 55.8 Å². The van der Waals surface area contributed by atoms with E-state index in [9.17, 15) is 18.4 Å². The highest BCUT2D eigenvalue weighted by atomic mass is 19.1. The summed E-state index contributed by atoms with van der Waals surface area (Å²) in [5, 5.41) is 2.34. The van der Waals surface area contributed by atoms with Gasteiger partial charge in [0.05, 0.1) is 18.0 Å². The summed E-state index contributed by atoms with van der Waals surface area (Å²) in [5.41, 5.74) is -0.413. The normalized spacial score (nSPS) is 14.4. The lowest BCUT2D eigenvalue weighted by molar-refractivity contribution is 0.0945. The van der Waals surface area contributed by atoms with Crippen LogP contribution < -0.4 is 15.5 Å². The minimum atomic E-state index is -0.858. The summed E-state index contributed by atoms with van der Waals surface area (Å²) in [6.45, 7) is 3.19. The van der Waals surface area contributed by atoms with Crippen LogP contribution in [0.1, 0.15) is 35.2 Å². The molecule has 8 heteroatoms. The molecule has 1 aliphatic heterocycles. The smallest absolute Gasteiger partial charge is 0.256 e. The molecular weight excluding hydrogens is 428 g/mol. The monoisotopic (exact) mass is 455 g/mol. The molecule has 1 N–H and O–H groups in total. The van der Waals surface area contributed by atoms with Crippen molar-refractivity contribution in [1.29, 1.82) is 0 Å². The van der Waals surface area contributed by atoms with Crippen LogP contribution in [0, 0.1) is 11.6 Å². The first-order chi connectivity index (χ1) is 16.0. The van der Waals surface area contributed by atoms with E-state index in [2.05, 4.69) is 10.2 Å². The summed E-state index contributed by atoms with van der Waals surface area (Å²) in [6, 6.07) is 8.99. The molecule has 2 heterocycles. The first-order valence-corrected chi connectivity index (χ1v) is 11.1. The Kier molecular flexibility index (Phi) is 7.03. The predicted molar refractivity (Wildman–Crippen MR) is 123 cm³/mol. The Balaban J connectivity index is 1.65. The molecule has 3 aromatic rings. The van der Waals surface area contributed by atoms with E-state index in [4.69, 9.17) is 4.74 Å². The fourth-order valence-corrected chi connectivity index (χ4v) is 4.27. The largest absolute Gasteiger partial charge is 0.497 e. The number of aromatic nitrogens is 1. The van der Waals surface area contributed by atoms with E-state index in [1.807, 2.05) is 0 Å². The number of methoxy groups -OCH3 is 1. The number of carbonyl (C=O) groups is 1. The Bertz CT molecular complexity index is 1200. The van der Waals surface area contributed by atoms with Crippen molar-refractivity contribution in [3.8, 4) is 5.75 Å². The third-order valence-corrected chi connectivity index (χ3v) is 6.04. The molecule has 1 amide bonds. The molecule has 1 aliphatic rings. The minimum Gasteiger partial charge on any atom is -0.497 e. The number of likely N-dealkylation sites (tertiary alicyclic amines) is 1. The summed E-state index contributed by atoms with van der Waals surface area (Å²) >= 11 is 0. The molecule has 1 fully saturated rings. The maximum Gasteiger partial charge on any atom is 0.256 e. The van der Waals surface area contributed by atoms with Gasteiger partial charge in [0, 0.05) is 25.8 Å². The summed E-state index contributed by atoms with van der Waals surface area (Å²) in [7, 11) is 1.55. The summed E-state index contributed by atoms with van der Waals surface area (Å²) in [5.74, 6) is -1.52. The lowest BCUT2D eigenvalue weighted by Crippen LogP contribution is -2.39. The predicted octanol–water partition coefficient (Wildman–Crippen LogP) is 3.55. The number of pyridine rings is 1. The van der Waals surface area contributed by atoms with Gasteiger partial charge in [0.1, 0.15) is 22.9 Å². The molecule has 1 aromatic heterocycles. The fourth-order valence-electron chi connectivity index (χ4n) is 4.27. The number of nitrogens with one attached hydrogen (secondary N) is 1. The second-order valence-corrected chi connectivity index (χ2v) is 8.26. The Labute approximate surface area is 190 Å². The van der Waals surface area contributed by atoms with Crippen LogP contribution in [0.2, 0.25) is 0 Å². The zero-order chi connectivity index (χ0) is 23.4. The SMILES string of the molecule is COc1ccc(Cn2cc(C(=O)NCCN3CCCCC3)c(=O)c3c(F)ccc(F)c32)cc1. The lowest BCUT2D eigenvalue weighted by Gasteiger charge is -2.26. The number of amides is 1. The third kappa shape index (κ3) is 5.06. The maximum absolute atomic E-state index is 14.7. The van der Waals surface area contributed by atoms with Gasteiger partial charge >= 0.3 is 0 Å². The molecule has 0 aliphatic carbocycles. The number of ether oxygens (including phenoxy) is 1. The summed E-state index contributed by atoms with van der Waals surface area (Å²) in [4.78, 5) is 28.1. The van der Waals surface area contributed by atoms with E-state index >= 15 is 0 Å². The van der Waals surface area contributed by atoms with E-state index in [0.717, 1.165) is 43.6 Å². The molecule has 1 saturated heterocycles. The van der Waals surface area contributed by atoms with Crippen LogP contribution in [0.4, 0.5) is 8.78 Å². The number of halogens is 2. The average Bonchev–Trinajstić information content (AvgIpc) is 2.83. The lowest BCUT2D eigenvalue weighted by atomic mass is 10.1. The van der Waals surface area contributed by atoms with Crippen molar-refractivity contribution in [2.45, 2.75) is 25.8 Å². The van der Waals surface area contributed by atoms with Crippen molar-refractivity contribution in [1.82, 2.24) is 14.8 Å². The van der Waals surface area contributed by atoms with Crippen molar-refractivity contribution in [3.05, 3.63) is 75.6 Å². The molecule has 0 saturated carbocycles. The molecule has 0 spiro atoms. The highest BCUT2D eigenvalue weighted by Gasteiger charge is 2.21. The molecule has 0 unspecified atom stereocenters. The van der Waals surface area contributed by atoms with E-state index in [1.165, 1.54) is 17.2 Å². The number of benzene rings is 2. The average molecular weight is 456 g/mol. The van der Waals surface area contributed by atoms with Crippen molar-refractivity contribution in [3.63, 3.8) is 0 Å². The highest BCUT2D eigenvalue weighted by molar-refractivity contribution is 5.97. The standard InChI is InChI=1S/C25H27F2N3O3/c1-33-18-7-5-17(6-8-18)15-30-16-19(24(31)22-20(26)9-10-21(27)23(22)30)25(32)28-11-14-29-12-3-2-4-13-29/h5-10,16H,2-4,11-15H2,1H3,(H,28,32). The van der Waals surface area contributed by atoms with Crippen LogP contribution in [0.15, 0.2) is 47.4 Å². The highest BCUT2D eigenvalue weighted by Crippen LogP contribution is 2.21. The van der Waals surface area contributed by atoms with Crippen LogP contribution in [0.5, 0.6) is 5.75 Å². The van der Waals surface area contributed by atoms with Crippen LogP contribution in [0.25, 0.3) is 10.9 Å². The molecule has 174 valence electrons. The van der Waals surface area contributed by atoms with Crippen LogP contribution in [0.3, 0.4) is 0 Å². The molecule has 4 rings (SSSR count). The van der Waals surface area contributed by atoms with Crippen molar-refractivity contribution in [2.75, 3.05) is 33.3 Å². The zero-order valence-corrected chi connectivity index (χ0v) is 18.6. The molecule has 33 heavy (non-hydrogen) atoms. The third-order valence-electron chi connectivity index (χ3n) is 6.04. The van der Waals surface area contributed by atoms with Gasteiger partial charge in [-0.15, -0.1) is 0 Å². The maximum atomic E-state index is 14.7. The number of piperidine rings is 1. The summed E-state index contributed by atoms with van der Waals surface area (Å²) < 4.78 is 35.9. The number of carbonyl (C=O) groups excluding carboxylic acids is 1. The number of hydrogen-bond acceptors (Lipinski definition) is 4. The topological polar surface area (TPSA) is 63.6 Å². The van der Waals surface area contributed by atoms with Crippen molar-refractivity contribution in [2.24, 2.45) is 0 Å². The Morgan fingerprint density at radius 3 is 2.42 bits per heavy atom. The number of rotatable bonds is 7. The van der Waals surface area contributed by atoms with Gasteiger partial charge in [0.2, 0.25) is 5.43 Å². The zero-order valence-electron chi connectivity index (χ0n) is 18.6. The Morgan fingerprint density at radius 1 is 1.03 bits per heavy atom. The summed E-state index contributed by atoms with van der Waals surface area (Å²) in [6.07, 6.45) is 4.81. The second-order valence-electron chi connectivity index (χ2n) is 8.26. The molecule has 0 bridgehead atoms. The Morgan fingerprint density at radius 2 is 1.73 bits per heavy atom. The second kappa shape index (κ2) is 10.1. The van der Waals surface area contributed by atoms with Crippen molar-refractivity contribution >= 4 is 16.8 Å². The molecule has 2 aromatic carbocycles. The van der Waals surface area contributed by atoms with Gasteiger partial charge in [-0.25, -0.2) is 8.78 Å². The van der Waals surface area contributed by atoms with E-state index < -0.39 is 28.4 Å². The molecule has 6 nitrogen and oxygen atoms in total. The quantitative estimate of drug-likeness (QED) is 0.592. The van der Waals surface area contributed by atoms with Crippen LogP contribution in [-0.4, -0.2) is 48.7 Å². The van der Waals surface area contributed by atoms with E-state index in [0.29, 0.717) is 18.8 Å². The molecule has 0 atom stereocenters. The number of hydrogen-bond donors (Lipinski definition) is 1. The first-order valence-electron chi connectivity index (χ1n) is 11.1. The van der Waals surface area contributed by atoms with E-state index in [1.54, 1.807) is 31.4 Å². The number of fused-ring (bicyclic) bond motifs is 1. The van der Waals surface area contributed by atoms with Gasteiger partial charge < -0.3 is 19.5 Å². The number of nitrogens with zero attached hydrogens (tertiary/aromatic N) is 2. The fraction of sp³-hybridized carbons (Fsp3) is 0.360. The minimum absolute atomic E-state index is 0.148. The first kappa shape index (κ1) is 22.9. The van der Waals surface area contributed by atoms with Gasteiger partial charge in [0.25, 0.3) is 5.91 Å². The van der Waals surface area contributed by atoms with Crippen molar-refractivity contribution < 1.29 is 18.3 Å². The van der Waals surface area contributed by atoms with Gasteiger partial charge in [-0.2, -0.15) is 0 Å². The van der Waals surface area contributed by atoms with Gasteiger partial charge in [-0.1, -0.05) is 18.6 Å². The van der Waals surface area contributed by atoms with Gasteiger partial charge in [0.15, 0.2) is 0 Å². The molecular formula is C25H27F2N3O3. The van der Waals surface area contributed by atoms with Crippen LogP contribution >= 0.6 is 0 Å². The van der Waals surface area contributed by atoms with E-state index in [-0.39, 0.29) is 17.6 Å². The van der Waals surface area contributed by atoms with Crippen LogP contribution in [-0.2, 0) is 6.54 Å². The Hall–Kier alpha value is -3.26. The van der Waals surface area contributed by atoms with Gasteiger partial charge in [-0.3, -0.25) is 9.59 Å².